The first-order valence-electron chi connectivity index (χ1n) is 10.2. The summed E-state index contributed by atoms with van der Waals surface area (Å²) in [4.78, 5) is 9.51. The van der Waals surface area contributed by atoms with Crippen molar-refractivity contribution < 1.29 is 4.74 Å². The summed E-state index contributed by atoms with van der Waals surface area (Å²) in [6.07, 6.45) is 0. The van der Waals surface area contributed by atoms with Crippen LogP contribution in [0.25, 0.3) is 11.0 Å². The Kier molecular flexibility index (Phi) is 5.03. The number of hydrogen-bond acceptors (Lipinski definition) is 3. The van der Waals surface area contributed by atoms with Gasteiger partial charge in [0, 0.05) is 18.2 Å². The molecule has 1 aromatic heterocycles. The summed E-state index contributed by atoms with van der Waals surface area (Å²) in [5, 5.41) is 0. The largest absolute Gasteiger partial charge is 0.425 e. The summed E-state index contributed by atoms with van der Waals surface area (Å²) in [5.41, 5.74) is 5.90. The van der Waals surface area contributed by atoms with Crippen LogP contribution in [-0.4, -0.2) is 15.3 Å². The predicted molar refractivity (Wildman–Crippen MR) is 125 cm³/mol. The van der Waals surface area contributed by atoms with Crippen molar-refractivity contribution in [3.63, 3.8) is 0 Å². The van der Waals surface area contributed by atoms with Gasteiger partial charge in [-0.3, -0.25) is 4.57 Å². The first-order valence-corrected chi connectivity index (χ1v) is 10.2. The fourth-order valence-corrected chi connectivity index (χ4v) is 3.53. The number of fused-ring (bicyclic) bond motifs is 1. The third-order valence-corrected chi connectivity index (χ3v) is 5.13. The van der Waals surface area contributed by atoms with Gasteiger partial charge in [0.2, 0.25) is 0 Å². The molecule has 4 heteroatoms. The van der Waals surface area contributed by atoms with Crippen molar-refractivity contribution in [1.29, 1.82) is 0 Å². The highest BCUT2D eigenvalue weighted by molar-refractivity contribution is 6.13. The van der Waals surface area contributed by atoms with Gasteiger partial charge < -0.3 is 4.74 Å². The molecule has 0 bridgehead atoms. The minimum atomic E-state index is 0.562. The highest BCUT2D eigenvalue weighted by Gasteiger charge is 2.10. The maximum atomic E-state index is 6.03. The average Bonchev–Trinajstić information content (AvgIpc) is 3.15. The van der Waals surface area contributed by atoms with Crippen LogP contribution in [0.5, 0.6) is 11.8 Å². The minimum absolute atomic E-state index is 0.562. The van der Waals surface area contributed by atoms with Gasteiger partial charge in [-0.2, -0.15) is 4.98 Å². The van der Waals surface area contributed by atoms with E-state index in [-0.39, 0.29) is 0 Å². The number of rotatable bonds is 5. The molecule has 0 atom stereocenters. The van der Waals surface area contributed by atoms with E-state index in [9.17, 15) is 0 Å². The number of hydrogen-bond donors (Lipinski definition) is 0. The van der Waals surface area contributed by atoms with Crippen LogP contribution in [-0.2, 0) is 7.05 Å². The van der Waals surface area contributed by atoms with Crippen LogP contribution in [0.1, 0.15) is 11.1 Å². The smallest absolute Gasteiger partial charge is 0.302 e. The van der Waals surface area contributed by atoms with Crippen molar-refractivity contribution in [3.8, 4) is 11.8 Å². The number of imidazole rings is 1. The minimum Gasteiger partial charge on any atom is -0.425 e. The SMILES string of the molecule is Cn1c(Oc2ccc(N=C(c3ccccc3)c3ccccc3)cc2)nc2ccccc21. The molecular formula is C27H21N3O. The number of para-hydroxylation sites is 2. The van der Waals surface area contributed by atoms with Crippen molar-refractivity contribution in [3.05, 3.63) is 120 Å². The van der Waals surface area contributed by atoms with Crippen molar-refractivity contribution in [1.82, 2.24) is 9.55 Å². The molecule has 1 heterocycles. The van der Waals surface area contributed by atoms with Gasteiger partial charge in [0.15, 0.2) is 0 Å². The fourth-order valence-electron chi connectivity index (χ4n) is 3.53. The van der Waals surface area contributed by atoms with Crippen LogP contribution in [0, 0.1) is 0 Å². The lowest BCUT2D eigenvalue weighted by atomic mass is 10.0. The Balaban J connectivity index is 1.45. The summed E-state index contributed by atoms with van der Waals surface area (Å²) in [6, 6.07) is 36.8. The van der Waals surface area contributed by atoms with E-state index >= 15 is 0 Å². The van der Waals surface area contributed by atoms with E-state index in [1.165, 1.54) is 0 Å². The molecule has 5 rings (SSSR count). The Morgan fingerprint density at radius 2 is 1.29 bits per heavy atom. The van der Waals surface area contributed by atoms with E-state index < -0.39 is 0 Å². The van der Waals surface area contributed by atoms with Gasteiger partial charge in [0.1, 0.15) is 5.75 Å². The molecule has 0 radical (unpaired) electrons. The molecule has 5 aromatic rings. The highest BCUT2D eigenvalue weighted by Crippen LogP contribution is 2.27. The van der Waals surface area contributed by atoms with Crippen molar-refractivity contribution in [2.45, 2.75) is 0 Å². The monoisotopic (exact) mass is 403 g/mol. The summed E-state index contributed by atoms with van der Waals surface area (Å²) < 4.78 is 7.98. The zero-order valence-corrected chi connectivity index (χ0v) is 17.1. The fraction of sp³-hybridized carbons (Fsp3) is 0.0370. The normalized spacial score (nSPS) is 10.7. The van der Waals surface area contributed by atoms with E-state index in [4.69, 9.17) is 9.73 Å². The van der Waals surface area contributed by atoms with Crippen molar-refractivity contribution in [2.24, 2.45) is 12.0 Å². The van der Waals surface area contributed by atoms with Gasteiger partial charge >= 0.3 is 6.01 Å². The maximum absolute atomic E-state index is 6.03. The van der Waals surface area contributed by atoms with Gasteiger partial charge in [-0.15, -0.1) is 0 Å². The molecule has 0 saturated heterocycles. The third kappa shape index (κ3) is 3.96. The highest BCUT2D eigenvalue weighted by atomic mass is 16.5. The van der Waals surface area contributed by atoms with Crippen LogP contribution in [0.2, 0.25) is 0 Å². The maximum Gasteiger partial charge on any atom is 0.302 e. The Labute approximate surface area is 181 Å². The molecule has 4 aromatic carbocycles. The Morgan fingerprint density at radius 3 is 1.90 bits per heavy atom. The second-order valence-electron chi connectivity index (χ2n) is 7.23. The first-order chi connectivity index (χ1) is 15.3. The van der Waals surface area contributed by atoms with Crippen LogP contribution >= 0.6 is 0 Å². The molecule has 150 valence electrons. The lowest BCUT2D eigenvalue weighted by Gasteiger charge is -2.09. The summed E-state index contributed by atoms with van der Waals surface area (Å²) >= 11 is 0. The first kappa shape index (κ1) is 18.8. The Morgan fingerprint density at radius 1 is 0.710 bits per heavy atom. The molecule has 0 unspecified atom stereocenters. The molecule has 0 aliphatic rings. The lowest BCUT2D eigenvalue weighted by molar-refractivity contribution is 0.428. The Bertz CT molecular complexity index is 1300. The van der Waals surface area contributed by atoms with Crippen LogP contribution < -0.4 is 4.74 Å². The third-order valence-electron chi connectivity index (χ3n) is 5.13. The van der Waals surface area contributed by atoms with Crippen LogP contribution in [0.3, 0.4) is 0 Å². The zero-order chi connectivity index (χ0) is 21.0. The molecule has 0 N–H and O–H groups in total. The Hall–Kier alpha value is -4.18. The number of aromatic nitrogens is 2. The zero-order valence-electron chi connectivity index (χ0n) is 17.1. The lowest BCUT2D eigenvalue weighted by Crippen LogP contribution is -2.02. The van der Waals surface area contributed by atoms with E-state index in [2.05, 4.69) is 29.2 Å². The second kappa shape index (κ2) is 8.28. The average molecular weight is 403 g/mol. The number of aliphatic imine (C=N–C) groups is 1. The molecule has 4 nitrogen and oxygen atoms in total. The molecule has 31 heavy (non-hydrogen) atoms. The predicted octanol–water partition coefficient (Wildman–Crippen LogP) is 6.53. The number of nitrogens with zero attached hydrogens (tertiary/aromatic N) is 3. The van der Waals surface area contributed by atoms with E-state index in [1.807, 2.05) is 96.5 Å². The van der Waals surface area contributed by atoms with Crippen LogP contribution in [0.4, 0.5) is 5.69 Å². The summed E-state index contributed by atoms with van der Waals surface area (Å²) in [6.45, 7) is 0. The molecule has 0 amide bonds. The quantitative estimate of drug-likeness (QED) is 0.313. The summed E-state index contributed by atoms with van der Waals surface area (Å²) in [5.74, 6) is 0.721. The van der Waals surface area contributed by atoms with Gasteiger partial charge in [0.25, 0.3) is 0 Å². The van der Waals surface area contributed by atoms with Gasteiger partial charge in [-0.25, -0.2) is 4.99 Å². The van der Waals surface area contributed by atoms with Gasteiger partial charge in [-0.1, -0.05) is 72.8 Å². The van der Waals surface area contributed by atoms with E-state index in [0.29, 0.717) is 6.01 Å². The van der Waals surface area contributed by atoms with Gasteiger partial charge in [0.05, 0.1) is 22.4 Å². The number of ether oxygens (including phenoxy) is 1. The molecule has 0 aliphatic carbocycles. The molecule has 0 saturated carbocycles. The second-order valence-corrected chi connectivity index (χ2v) is 7.23. The molecule has 0 fully saturated rings. The summed E-state index contributed by atoms with van der Waals surface area (Å²) in [7, 11) is 1.95. The molecule has 0 aliphatic heterocycles. The van der Waals surface area contributed by atoms with Gasteiger partial charge in [-0.05, 0) is 36.4 Å². The van der Waals surface area contributed by atoms with Crippen molar-refractivity contribution in [2.75, 3.05) is 0 Å². The number of benzene rings is 4. The number of aryl methyl sites for hydroxylation is 1. The molecule has 0 spiro atoms. The van der Waals surface area contributed by atoms with E-state index in [0.717, 1.165) is 39.3 Å². The van der Waals surface area contributed by atoms with Crippen molar-refractivity contribution >= 4 is 22.4 Å². The standard InChI is InChI=1S/C27H21N3O/c1-30-25-15-9-8-14-24(25)29-27(30)31-23-18-16-22(17-19-23)28-26(20-10-4-2-5-11-20)21-12-6-3-7-13-21/h2-19H,1H3. The molecular weight excluding hydrogens is 382 g/mol. The van der Waals surface area contributed by atoms with Crippen LogP contribution in [0.15, 0.2) is 114 Å². The van der Waals surface area contributed by atoms with E-state index in [1.54, 1.807) is 0 Å². The topological polar surface area (TPSA) is 39.4 Å².